The molecule has 0 saturated heterocycles. The number of para-hydroxylation sites is 1. The van der Waals surface area contributed by atoms with E-state index in [1.54, 1.807) is 6.20 Å². The Morgan fingerprint density at radius 2 is 1.90 bits per heavy atom. The van der Waals surface area contributed by atoms with Gasteiger partial charge in [0, 0.05) is 17.3 Å². The van der Waals surface area contributed by atoms with Crippen molar-refractivity contribution in [1.82, 2.24) is 9.97 Å². The van der Waals surface area contributed by atoms with Crippen LogP contribution in [0.25, 0.3) is 10.7 Å². The fourth-order valence-corrected chi connectivity index (χ4v) is 2.68. The highest BCUT2D eigenvalue weighted by atomic mass is 32.1. The first kappa shape index (κ1) is 13.5. The lowest BCUT2D eigenvalue weighted by Crippen LogP contribution is -2.14. The minimum atomic E-state index is -0.0703. The van der Waals surface area contributed by atoms with Crippen LogP contribution in [-0.4, -0.2) is 15.9 Å². The van der Waals surface area contributed by atoms with Crippen molar-refractivity contribution >= 4 is 22.9 Å². The molecule has 2 heterocycles. The maximum atomic E-state index is 12.0. The number of nitrogens with zero attached hydrogens (tertiary/aromatic N) is 2. The van der Waals surface area contributed by atoms with Gasteiger partial charge in [0.15, 0.2) is 0 Å². The molecule has 0 aliphatic carbocycles. The van der Waals surface area contributed by atoms with Crippen LogP contribution in [0.4, 0.5) is 5.69 Å². The van der Waals surface area contributed by atoms with Crippen LogP contribution in [0.15, 0.2) is 60.1 Å². The summed E-state index contributed by atoms with van der Waals surface area (Å²) in [4.78, 5) is 20.7. The fraction of sp³-hybridized carbons (Fsp3) is 0.0625. The zero-order valence-corrected chi connectivity index (χ0v) is 12.0. The predicted octanol–water partition coefficient (Wildman–Crippen LogP) is 3.39. The summed E-state index contributed by atoms with van der Waals surface area (Å²) in [5.41, 5.74) is 2.38. The molecule has 3 rings (SSSR count). The Labute approximate surface area is 126 Å². The summed E-state index contributed by atoms with van der Waals surface area (Å²) in [7, 11) is 0. The topological polar surface area (TPSA) is 54.9 Å². The molecular formula is C16H13N3OS. The van der Waals surface area contributed by atoms with Crippen LogP contribution in [0.1, 0.15) is 5.69 Å². The molecule has 5 heteroatoms. The van der Waals surface area contributed by atoms with E-state index in [9.17, 15) is 4.79 Å². The molecule has 0 spiro atoms. The molecule has 0 atom stereocenters. The number of carbonyl (C=O) groups excluding carboxylic acids is 1. The van der Waals surface area contributed by atoms with Gasteiger partial charge < -0.3 is 5.32 Å². The molecule has 1 aromatic carbocycles. The summed E-state index contributed by atoms with van der Waals surface area (Å²) < 4.78 is 0. The van der Waals surface area contributed by atoms with E-state index in [-0.39, 0.29) is 12.3 Å². The molecule has 0 unspecified atom stereocenters. The number of hydrogen-bond acceptors (Lipinski definition) is 4. The summed E-state index contributed by atoms with van der Waals surface area (Å²) in [6, 6.07) is 15.1. The number of benzene rings is 1. The second-order valence-electron chi connectivity index (χ2n) is 4.45. The molecule has 0 radical (unpaired) electrons. The van der Waals surface area contributed by atoms with Gasteiger partial charge in [0.05, 0.1) is 17.8 Å². The zero-order valence-electron chi connectivity index (χ0n) is 11.2. The number of carbonyl (C=O) groups is 1. The number of aromatic nitrogens is 2. The van der Waals surface area contributed by atoms with E-state index in [0.717, 1.165) is 22.1 Å². The Balaban J connectivity index is 1.66. The van der Waals surface area contributed by atoms with Gasteiger partial charge in [-0.3, -0.25) is 9.78 Å². The smallest absolute Gasteiger partial charge is 0.230 e. The Kier molecular flexibility index (Phi) is 4.02. The minimum absolute atomic E-state index is 0.0703. The molecular weight excluding hydrogens is 282 g/mol. The van der Waals surface area contributed by atoms with Crippen LogP contribution < -0.4 is 5.32 Å². The highest BCUT2D eigenvalue weighted by Crippen LogP contribution is 2.21. The van der Waals surface area contributed by atoms with Crippen molar-refractivity contribution in [1.29, 1.82) is 0 Å². The van der Waals surface area contributed by atoms with Gasteiger partial charge in [-0.25, -0.2) is 4.98 Å². The van der Waals surface area contributed by atoms with Gasteiger partial charge >= 0.3 is 0 Å². The predicted molar refractivity (Wildman–Crippen MR) is 84.1 cm³/mol. The van der Waals surface area contributed by atoms with E-state index < -0.39 is 0 Å². The van der Waals surface area contributed by atoms with Gasteiger partial charge in [-0.1, -0.05) is 24.3 Å². The number of rotatable bonds is 4. The van der Waals surface area contributed by atoms with E-state index in [4.69, 9.17) is 0 Å². The number of thiazole rings is 1. The van der Waals surface area contributed by atoms with Crippen LogP contribution in [0, 0.1) is 0 Å². The maximum Gasteiger partial charge on any atom is 0.230 e. The van der Waals surface area contributed by atoms with Crippen molar-refractivity contribution in [2.45, 2.75) is 6.42 Å². The Morgan fingerprint density at radius 1 is 1.10 bits per heavy atom. The van der Waals surface area contributed by atoms with Crippen LogP contribution in [0.2, 0.25) is 0 Å². The third-order valence-corrected chi connectivity index (χ3v) is 3.75. The Hall–Kier alpha value is -2.53. The first-order chi connectivity index (χ1) is 10.3. The molecule has 0 aliphatic heterocycles. The molecule has 1 N–H and O–H groups in total. The van der Waals surface area contributed by atoms with E-state index in [1.165, 1.54) is 11.3 Å². The third kappa shape index (κ3) is 3.52. The average Bonchev–Trinajstić information content (AvgIpc) is 2.97. The monoisotopic (exact) mass is 295 g/mol. The SMILES string of the molecule is O=C(Cc1csc(-c2ccccn2)n1)Nc1ccccc1. The number of amides is 1. The van der Waals surface area contributed by atoms with Crippen molar-refractivity contribution in [2.24, 2.45) is 0 Å². The molecule has 1 amide bonds. The van der Waals surface area contributed by atoms with Crippen LogP contribution >= 0.6 is 11.3 Å². The number of nitrogens with one attached hydrogen (secondary N) is 1. The second kappa shape index (κ2) is 6.28. The minimum Gasteiger partial charge on any atom is -0.326 e. The van der Waals surface area contributed by atoms with Gasteiger partial charge in [0.1, 0.15) is 5.01 Å². The van der Waals surface area contributed by atoms with Gasteiger partial charge in [-0.05, 0) is 24.3 Å². The lowest BCUT2D eigenvalue weighted by molar-refractivity contribution is -0.115. The molecule has 2 aromatic heterocycles. The summed E-state index contributed by atoms with van der Waals surface area (Å²) in [5.74, 6) is -0.0703. The summed E-state index contributed by atoms with van der Waals surface area (Å²) in [6.45, 7) is 0. The highest BCUT2D eigenvalue weighted by Gasteiger charge is 2.09. The normalized spacial score (nSPS) is 10.3. The maximum absolute atomic E-state index is 12.0. The number of pyridine rings is 1. The first-order valence-corrected chi connectivity index (χ1v) is 7.40. The van der Waals surface area contributed by atoms with Crippen molar-refractivity contribution in [3.63, 3.8) is 0 Å². The number of anilines is 1. The molecule has 0 saturated carbocycles. The van der Waals surface area contributed by atoms with E-state index in [0.29, 0.717) is 0 Å². The summed E-state index contributed by atoms with van der Waals surface area (Å²) in [6.07, 6.45) is 2.00. The van der Waals surface area contributed by atoms with Crippen LogP contribution in [0.5, 0.6) is 0 Å². The molecule has 4 nitrogen and oxygen atoms in total. The summed E-state index contributed by atoms with van der Waals surface area (Å²) >= 11 is 1.50. The van der Waals surface area contributed by atoms with E-state index in [2.05, 4.69) is 15.3 Å². The van der Waals surface area contributed by atoms with Gasteiger partial charge in [-0.2, -0.15) is 0 Å². The molecule has 0 aliphatic rings. The lowest BCUT2D eigenvalue weighted by atomic mass is 10.3. The molecule has 0 bridgehead atoms. The van der Waals surface area contributed by atoms with Crippen LogP contribution in [-0.2, 0) is 11.2 Å². The Morgan fingerprint density at radius 3 is 2.67 bits per heavy atom. The third-order valence-electron chi connectivity index (χ3n) is 2.83. The standard InChI is InChI=1S/C16H13N3OS/c20-15(18-12-6-2-1-3-7-12)10-13-11-21-16(19-13)14-8-4-5-9-17-14/h1-9,11H,10H2,(H,18,20). The van der Waals surface area contributed by atoms with Gasteiger partial charge in [-0.15, -0.1) is 11.3 Å². The van der Waals surface area contributed by atoms with Gasteiger partial charge in [0.25, 0.3) is 0 Å². The molecule has 21 heavy (non-hydrogen) atoms. The number of hydrogen-bond donors (Lipinski definition) is 1. The largest absolute Gasteiger partial charge is 0.326 e. The highest BCUT2D eigenvalue weighted by molar-refractivity contribution is 7.13. The molecule has 0 fully saturated rings. The van der Waals surface area contributed by atoms with Crippen molar-refractivity contribution in [3.8, 4) is 10.7 Å². The van der Waals surface area contributed by atoms with Crippen molar-refractivity contribution in [3.05, 3.63) is 65.8 Å². The summed E-state index contributed by atoms with van der Waals surface area (Å²) in [5, 5.41) is 5.58. The van der Waals surface area contributed by atoms with E-state index in [1.807, 2.05) is 53.9 Å². The van der Waals surface area contributed by atoms with Crippen LogP contribution in [0.3, 0.4) is 0 Å². The fourth-order valence-electron chi connectivity index (χ4n) is 1.89. The molecule has 104 valence electrons. The lowest BCUT2D eigenvalue weighted by Gasteiger charge is -2.02. The van der Waals surface area contributed by atoms with E-state index >= 15 is 0 Å². The van der Waals surface area contributed by atoms with Crippen molar-refractivity contribution in [2.75, 3.05) is 5.32 Å². The Bertz CT molecular complexity index is 726. The first-order valence-electron chi connectivity index (χ1n) is 6.52. The molecule has 3 aromatic rings. The average molecular weight is 295 g/mol. The zero-order chi connectivity index (χ0) is 14.5. The van der Waals surface area contributed by atoms with Gasteiger partial charge in [0.2, 0.25) is 5.91 Å². The second-order valence-corrected chi connectivity index (χ2v) is 5.31. The quantitative estimate of drug-likeness (QED) is 0.802. The van der Waals surface area contributed by atoms with Crippen molar-refractivity contribution < 1.29 is 4.79 Å².